The van der Waals surface area contributed by atoms with Crippen molar-refractivity contribution in [2.75, 3.05) is 7.11 Å². The molecule has 3 heterocycles. The van der Waals surface area contributed by atoms with Crippen molar-refractivity contribution in [3.63, 3.8) is 0 Å². The molecule has 0 aliphatic carbocycles. The van der Waals surface area contributed by atoms with Gasteiger partial charge in [-0.05, 0) is 47.5 Å². The lowest BCUT2D eigenvalue weighted by atomic mass is 10.2. The van der Waals surface area contributed by atoms with Gasteiger partial charge < -0.3 is 14.6 Å². The van der Waals surface area contributed by atoms with Crippen molar-refractivity contribution in [2.24, 2.45) is 0 Å². The third-order valence-corrected chi connectivity index (χ3v) is 4.47. The van der Waals surface area contributed by atoms with Gasteiger partial charge in [0.1, 0.15) is 5.75 Å². The topological polar surface area (TPSA) is 86.9 Å². The highest BCUT2D eigenvalue weighted by Crippen LogP contribution is 2.17. The predicted molar refractivity (Wildman–Crippen MR) is 107 cm³/mol. The average molecular weight is 388 g/mol. The minimum atomic E-state index is -0.286. The van der Waals surface area contributed by atoms with Crippen LogP contribution in [0.4, 0.5) is 0 Å². The number of hydrogen-bond donors (Lipinski definition) is 1. The van der Waals surface area contributed by atoms with Crippen molar-refractivity contribution in [3.8, 4) is 11.6 Å². The van der Waals surface area contributed by atoms with Crippen molar-refractivity contribution < 1.29 is 9.53 Å². The Balaban J connectivity index is 1.59. The van der Waals surface area contributed by atoms with E-state index in [1.807, 2.05) is 65.5 Å². The molecular formula is C21H20N6O2. The van der Waals surface area contributed by atoms with Gasteiger partial charge in [0.2, 0.25) is 0 Å². The number of pyridine rings is 1. The molecule has 0 radical (unpaired) electrons. The molecule has 0 aliphatic rings. The lowest BCUT2D eigenvalue weighted by Crippen LogP contribution is -2.25. The molecule has 0 fully saturated rings. The summed E-state index contributed by atoms with van der Waals surface area (Å²) in [4.78, 5) is 16.8. The number of nitrogens with zero attached hydrogens (tertiary/aromatic N) is 5. The van der Waals surface area contributed by atoms with E-state index in [-0.39, 0.29) is 11.6 Å². The molecule has 1 amide bonds. The third kappa shape index (κ3) is 4.16. The fourth-order valence-corrected chi connectivity index (χ4v) is 2.96. The second kappa shape index (κ2) is 8.39. The maximum atomic E-state index is 12.8. The summed E-state index contributed by atoms with van der Waals surface area (Å²) >= 11 is 0. The van der Waals surface area contributed by atoms with Gasteiger partial charge in [-0.1, -0.05) is 17.3 Å². The van der Waals surface area contributed by atoms with Crippen LogP contribution in [0.15, 0.2) is 73.3 Å². The maximum Gasteiger partial charge on any atom is 0.276 e. The molecule has 0 unspecified atom stereocenters. The quantitative estimate of drug-likeness (QED) is 0.526. The van der Waals surface area contributed by atoms with Crippen LogP contribution < -0.4 is 10.1 Å². The SMILES string of the molecule is COc1ccc(Cn2nnc(C(=O)NCc3ccncc3)c2-n2cccc2)cc1. The Morgan fingerprint density at radius 2 is 1.76 bits per heavy atom. The largest absolute Gasteiger partial charge is 0.497 e. The van der Waals surface area contributed by atoms with E-state index in [1.54, 1.807) is 24.2 Å². The number of methoxy groups -OCH3 is 1. The first-order chi connectivity index (χ1) is 14.2. The van der Waals surface area contributed by atoms with Crippen LogP contribution in [0.2, 0.25) is 0 Å². The van der Waals surface area contributed by atoms with Gasteiger partial charge in [0.15, 0.2) is 11.5 Å². The molecule has 146 valence electrons. The fourth-order valence-electron chi connectivity index (χ4n) is 2.96. The monoisotopic (exact) mass is 388 g/mol. The Morgan fingerprint density at radius 3 is 2.45 bits per heavy atom. The number of rotatable bonds is 7. The number of carbonyl (C=O) groups is 1. The van der Waals surface area contributed by atoms with E-state index >= 15 is 0 Å². The molecule has 1 aromatic carbocycles. The summed E-state index contributed by atoms with van der Waals surface area (Å²) in [6, 6.07) is 15.2. The number of nitrogens with one attached hydrogen (secondary N) is 1. The predicted octanol–water partition coefficient (Wildman–Crippen LogP) is 2.45. The molecule has 4 rings (SSSR count). The molecule has 1 N–H and O–H groups in total. The second-order valence-electron chi connectivity index (χ2n) is 6.40. The number of hydrogen-bond acceptors (Lipinski definition) is 5. The Labute approximate surface area is 167 Å². The summed E-state index contributed by atoms with van der Waals surface area (Å²) in [5.74, 6) is 1.11. The summed E-state index contributed by atoms with van der Waals surface area (Å²) in [5.41, 5.74) is 2.25. The smallest absolute Gasteiger partial charge is 0.276 e. The molecule has 0 saturated carbocycles. The fraction of sp³-hybridized carbons (Fsp3) is 0.143. The molecule has 0 saturated heterocycles. The zero-order chi connectivity index (χ0) is 20.1. The summed E-state index contributed by atoms with van der Waals surface area (Å²) in [5, 5.41) is 11.3. The normalized spacial score (nSPS) is 10.7. The highest BCUT2D eigenvalue weighted by Gasteiger charge is 2.21. The van der Waals surface area contributed by atoms with E-state index < -0.39 is 0 Å². The molecule has 0 bridgehead atoms. The zero-order valence-corrected chi connectivity index (χ0v) is 15.9. The molecular weight excluding hydrogens is 368 g/mol. The van der Waals surface area contributed by atoms with Crippen LogP contribution in [-0.4, -0.2) is 37.6 Å². The number of carbonyl (C=O) groups excluding carboxylic acids is 1. The maximum absolute atomic E-state index is 12.8. The Morgan fingerprint density at radius 1 is 1.03 bits per heavy atom. The second-order valence-corrected chi connectivity index (χ2v) is 6.40. The molecule has 0 atom stereocenters. The minimum Gasteiger partial charge on any atom is -0.497 e. The molecule has 8 heteroatoms. The van der Waals surface area contributed by atoms with Crippen molar-refractivity contribution in [1.82, 2.24) is 29.9 Å². The molecule has 29 heavy (non-hydrogen) atoms. The van der Waals surface area contributed by atoms with E-state index in [0.717, 1.165) is 16.9 Å². The first-order valence-electron chi connectivity index (χ1n) is 9.11. The van der Waals surface area contributed by atoms with Gasteiger partial charge in [0.25, 0.3) is 5.91 Å². The third-order valence-electron chi connectivity index (χ3n) is 4.47. The molecule has 8 nitrogen and oxygen atoms in total. The number of aromatic nitrogens is 5. The molecule has 0 aliphatic heterocycles. The van der Waals surface area contributed by atoms with Crippen LogP contribution in [0.25, 0.3) is 5.82 Å². The van der Waals surface area contributed by atoms with E-state index in [1.165, 1.54) is 0 Å². The van der Waals surface area contributed by atoms with E-state index in [4.69, 9.17) is 4.74 Å². The van der Waals surface area contributed by atoms with Crippen LogP contribution in [0, 0.1) is 0 Å². The van der Waals surface area contributed by atoms with Crippen molar-refractivity contribution in [3.05, 3.63) is 90.1 Å². The summed E-state index contributed by atoms with van der Waals surface area (Å²) in [6.07, 6.45) is 7.11. The molecule has 4 aromatic rings. The van der Waals surface area contributed by atoms with Crippen LogP contribution in [-0.2, 0) is 13.1 Å². The summed E-state index contributed by atoms with van der Waals surface area (Å²) < 4.78 is 8.75. The highest BCUT2D eigenvalue weighted by molar-refractivity contribution is 5.95. The van der Waals surface area contributed by atoms with Gasteiger partial charge in [-0.15, -0.1) is 5.10 Å². The zero-order valence-electron chi connectivity index (χ0n) is 15.9. The van der Waals surface area contributed by atoms with Crippen LogP contribution in [0.5, 0.6) is 5.75 Å². The van der Waals surface area contributed by atoms with Crippen molar-refractivity contribution in [1.29, 1.82) is 0 Å². The Hall–Kier alpha value is -3.94. The van der Waals surface area contributed by atoms with Crippen molar-refractivity contribution in [2.45, 2.75) is 13.1 Å². The van der Waals surface area contributed by atoms with Gasteiger partial charge in [-0.25, -0.2) is 4.68 Å². The Kier molecular flexibility index (Phi) is 5.33. The van der Waals surface area contributed by atoms with E-state index in [9.17, 15) is 4.79 Å². The number of benzene rings is 1. The molecule has 3 aromatic heterocycles. The first-order valence-corrected chi connectivity index (χ1v) is 9.11. The van der Waals surface area contributed by atoms with E-state index in [0.29, 0.717) is 18.9 Å². The lowest BCUT2D eigenvalue weighted by molar-refractivity contribution is 0.0946. The minimum absolute atomic E-state index is 0.267. The summed E-state index contributed by atoms with van der Waals surface area (Å²) in [7, 11) is 1.63. The standard InChI is InChI=1S/C21H20N6O2/c1-29-18-6-4-17(5-7-18)15-27-21(26-12-2-3-13-26)19(24-25-27)20(28)23-14-16-8-10-22-11-9-16/h2-13H,14-15H2,1H3,(H,23,28). The highest BCUT2D eigenvalue weighted by atomic mass is 16.5. The van der Waals surface area contributed by atoms with Gasteiger partial charge in [-0.3, -0.25) is 9.78 Å². The number of ether oxygens (including phenoxy) is 1. The van der Waals surface area contributed by atoms with Gasteiger partial charge in [0.05, 0.1) is 13.7 Å². The van der Waals surface area contributed by atoms with Crippen LogP contribution in [0.1, 0.15) is 21.6 Å². The van der Waals surface area contributed by atoms with Gasteiger partial charge >= 0.3 is 0 Å². The Bertz CT molecular complexity index is 1070. The van der Waals surface area contributed by atoms with Gasteiger partial charge in [0, 0.05) is 31.3 Å². The summed E-state index contributed by atoms with van der Waals surface area (Å²) in [6.45, 7) is 0.861. The van der Waals surface area contributed by atoms with Gasteiger partial charge in [-0.2, -0.15) is 0 Å². The number of amides is 1. The van der Waals surface area contributed by atoms with Crippen molar-refractivity contribution >= 4 is 5.91 Å². The molecule has 0 spiro atoms. The van der Waals surface area contributed by atoms with Crippen LogP contribution in [0.3, 0.4) is 0 Å². The average Bonchev–Trinajstić information content (AvgIpc) is 3.43. The lowest BCUT2D eigenvalue weighted by Gasteiger charge is -2.10. The van der Waals surface area contributed by atoms with Crippen LogP contribution >= 0.6 is 0 Å². The van der Waals surface area contributed by atoms with E-state index in [2.05, 4.69) is 20.6 Å². The first kappa shape index (κ1) is 18.4.